The molecule has 0 bridgehead atoms. The number of phenols is 1. The van der Waals surface area contributed by atoms with Crippen molar-refractivity contribution < 1.29 is 13.5 Å². The second-order valence-electron chi connectivity index (χ2n) is 4.14. The van der Waals surface area contributed by atoms with Crippen LogP contribution in [0, 0.1) is 13.8 Å². The summed E-state index contributed by atoms with van der Waals surface area (Å²) in [6.45, 7) is 3.22. The molecular weight excluding hydrogens is 276 g/mol. The van der Waals surface area contributed by atoms with Gasteiger partial charge in [-0.15, -0.1) is 4.40 Å². The highest BCUT2D eigenvalue weighted by molar-refractivity contribution is 7.90. The number of aromatic hydroxyl groups is 1. The lowest BCUT2D eigenvalue weighted by Crippen LogP contribution is -2.11. The summed E-state index contributed by atoms with van der Waals surface area (Å²) in [5, 5.41) is 10.1. The van der Waals surface area contributed by atoms with Crippen LogP contribution in [0.5, 0.6) is 5.75 Å². The first-order chi connectivity index (χ1) is 8.16. The van der Waals surface area contributed by atoms with E-state index in [1.54, 1.807) is 21.0 Å². The highest BCUT2D eigenvalue weighted by atomic mass is 35.5. The molecule has 0 spiro atoms. The van der Waals surface area contributed by atoms with Crippen molar-refractivity contribution in [1.29, 1.82) is 0 Å². The summed E-state index contributed by atoms with van der Waals surface area (Å²) < 4.78 is 27.5. The van der Waals surface area contributed by atoms with E-state index in [4.69, 9.17) is 11.6 Å². The third kappa shape index (κ3) is 2.94. The second-order valence-corrected chi connectivity index (χ2v) is 6.09. The smallest absolute Gasteiger partial charge is 0.287 e. The summed E-state index contributed by atoms with van der Waals surface area (Å²) in [5.41, 5.74) is 0.910. The van der Waals surface area contributed by atoms with Crippen LogP contribution >= 0.6 is 11.6 Å². The lowest BCUT2D eigenvalue weighted by atomic mass is 10.1. The predicted octanol–water partition coefficient (Wildman–Crippen LogP) is 1.94. The van der Waals surface area contributed by atoms with Gasteiger partial charge in [0.05, 0.1) is 0 Å². The molecule has 0 saturated carbocycles. The summed E-state index contributed by atoms with van der Waals surface area (Å²) in [6.07, 6.45) is 1.15. The lowest BCUT2D eigenvalue weighted by molar-refractivity contribution is 0.457. The molecule has 0 aromatic heterocycles. The summed E-state index contributed by atoms with van der Waals surface area (Å²) >= 11 is 5.99. The summed E-state index contributed by atoms with van der Waals surface area (Å²) in [6, 6.07) is 1.31. The van der Waals surface area contributed by atoms with Crippen LogP contribution in [0.15, 0.2) is 15.4 Å². The Kier molecular flexibility index (Phi) is 4.24. The third-order valence-corrected chi connectivity index (χ3v) is 4.26. The Morgan fingerprint density at radius 3 is 2.44 bits per heavy atom. The van der Waals surface area contributed by atoms with Gasteiger partial charge in [0.25, 0.3) is 10.0 Å². The van der Waals surface area contributed by atoms with Gasteiger partial charge in [-0.25, -0.2) is 0 Å². The number of halogens is 1. The first-order valence-electron chi connectivity index (χ1n) is 5.12. The van der Waals surface area contributed by atoms with E-state index in [-0.39, 0.29) is 10.6 Å². The van der Waals surface area contributed by atoms with Crippen LogP contribution in [0.2, 0.25) is 5.02 Å². The van der Waals surface area contributed by atoms with E-state index in [0.717, 1.165) is 6.34 Å². The third-order valence-electron chi connectivity index (χ3n) is 2.28. The zero-order valence-electron chi connectivity index (χ0n) is 10.6. The maximum Gasteiger partial charge on any atom is 0.287 e. The highest BCUT2D eigenvalue weighted by Gasteiger charge is 2.23. The number of rotatable bonds is 3. The SMILES string of the molecule is Cc1cc(O)c(S(=O)(=O)N=CN(C)C)c(C)c1Cl. The minimum absolute atomic E-state index is 0.254. The van der Waals surface area contributed by atoms with Crippen LogP contribution in [0.25, 0.3) is 0 Å². The number of aryl methyl sites for hydroxylation is 1. The van der Waals surface area contributed by atoms with Crippen molar-refractivity contribution in [3.05, 3.63) is 22.2 Å². The molecule has 0 aliphatic heterocycles. The Hall–Kier alpha value is -1.27. The Morgan fingerprint density at radius 1 is 1.39 bits per heavy atom. The van der Waals surface area contributed by atoms with Gasteiger partial charge in [0.1, 0.15) is 17.0 Å². The molecule has 0 amide bonds. The Bertz CT molecular complexity index is 595. The molecule has 1 N–H and O–H groups in total. The van der Waals surface area contributed by atoms with Crippen LogP contribution in [0.4, 0.5) is 0 Å². The van der Waals surface area contributed by atoms with E-state index < -0.39 is 10.0 Å². The Morgan fingerprint density at radius 2 is 1.94 bits per heavy atom. The normalized spacial score (nSPS) is 12.1. The maximum atomic E-state index is 12.0. The van der Waals surface area contributed by atoms with E-state index in [9.17, 15) is 13.5 Å². The van der Waals surface area contributed by atoms with Crippen molar-refractivity contribution in [3.8, 4) is 5.75 Å². The molecule has 100 valence electrons. The molecule has 0 atom stereocenters. The van der Waals surface area contributed by atoms with Crippen molar-refractivity contribution in [2.24, 2.45) is 4.40 Å². The van der Waals surface area contributed by atoms with Crippen molar-refractivity contribution in [2.45, 2.75) is 18.7 Å². The fourth-order valence-electron chi connectivity index (χ4n) is 1.46. The largest absolute Gasteiger partial charge is 0.506 e. The number of benzene rings is 1. The van der Waals surface area contributed by atoms with Crippen LogP contribution < -0.4 is 0 Å². The van der Waals surface area contributed by atoms with E-state index in [0.29, 0.717) is 16.1 Å². The quantitative estimate of drug-likeness (QED) is 0.682. The molecule has 0 unspecified atom stereocenters. The van der Waals surface area contributed by atoms with E-state index in [2.05, 4.69) is 4.40 Å². The molecule has 1 aromatic carbocycles. The van der Waals surface area contributed by atoms with Gasteiger partial charge in [-0.05, 0) is 31.0 Å². The maximum absolute atomic E-state index is 12.0. The van der Waals surface area contributed by atoms with Crippen molar-refractivity contribution >= 4 is 28.0 Å². The van der Waals surface area contributed by atoms with E-state index >= 15 is 0 Å². The molecule has 0 aliphatic carbocycles. The highest BCUT2D eigenvalue weighted by Crippen LogP contribution is 2.34. The molecule has 0 heterocycles. The number of sulfonamides is 1. The average Bonchev–Trinajstić information content (AvgIpc) is 2.23. The molecule has 0 fully saturated rings. The van der Waals surface area contributed by atoms with Crippen LogP contribution in [-0.2, 0) is 10.0 Å². The average molecular weight is 291 g/mol. The standard InChI is InChI=1S/C11H15ClN2O3S/c1-7-5-9(15)11(8(2)10(7)12)18(16,17)13-6-14(3)4/h5-6,15H,1-4H3. The van der Waals surface area contributed by atoms with Crippen molar-refractivity contribution in [3.63, 3.8) is 0 Å². The van der Waals surface area contributed by atoms with Crippen LogP contribution in [0.3, 0.4) is 0 Å². The molecule has 7 heteroatoms. The van der Waals surface area contributed by atoms with Gasteiger partial charge in [-0.2, -0.15) is 8.42 Å². The molecule has 18 heavy (non-hydrogen) atoms. The predicted molar refractivity (Wildman–Crippen MR) is 72.0 cm³/mol. The zero-order valence-corrected chi connectivity index (χ0v) is 12.2. The molecular formula is C11H15ClN2O3S. The molecule has 0 aliphatic rings. The molecule has 1 aromatic rings. The minimum Gasteiger partial charge on any atom is -0.506 e. The van der Waals surface area contributed by atoms with Gasteiger partial charge in [-0.3, -0.25) is 0 Å². The molecule has 0 saturated heterocycles. The van der Waals surface area contributed by atoms with Crippen molar-refractivity contribution in [1.82, 2.24) is 4.90 Å². The van der Waals surface area contributed by atoms with Crippen LogP contribution in [0.1, 0.15) is 11.1 Å². The Balaban J connectivity index is 3.47. The van der Waals surface area contributed by atoms with Gasteiger partial charge in [0.15, 0.2) is 0 Å². The summed E-state index contributed by atoms with van der Waals surface area (Å²) in [5.74, 6) is -0.342. The van der Waals surface area contributed by atoms with E-state index in [1.807, 2.05) is 0 Å². The Labute approximate surface area is 112 Å². The molecule has 1 rings (SSSR count). The van der Waals surface area contributed by atoms with E-state index in [1.165, 1.54) is 17.9 Å². The molecule has 0 radical (unpaired) electrons. The molecule has 5 nitrogen and oxygen atoms in total. The van der Waals surface area contributed by atoms with Gasteiger partial charge >= 0.3 is 0 Å². The number of hydrogen-bond donors (Lipinski definition) is 1. The first-order valence-corrected chi connectivity index (χ1v) is 6.94. The van der Waals surface area contributed by atoms with Gasteiger partial charge in [0, 0.05) is 19.1 Å². The fourth-order valence-corrected chi connectivity index (χ4v) is 2.89. The number of hydrogen-bond acceptors (Lipinski definition) is 3. The van der Waals surface area contributed by atoms with Gasteiger partial charge in [-0.1, -0.05) is 11.6 Å². The van der Waals surface area contributed by atoms with Gasteiger partial charge in [0.2, 0.25) is 0 Å². The number of nitrogens with zero attached hydrogens (tertiary/aromatic N) is 2. The number of phenolic OH excluding ortho intramolecular Hbond substituents is 1. The van der Waals surface area contributed by atoms with Crippen LogP contribution in [-0.4, -0.2) is 38.9 Å². The monoisotopic (exact) mass is 290 g/mol. The fraction of sp³-hybridized carbons (Fsp3) is 0.364. The zero-order chi connectivity index (χ0) is 14.1. The first kappa shape index (κ1) is 14.8. The van der Waals surface area contributed by atoms with Gasteiger partial charge < -0.3 is 10.0 Å². The summed E-state index contributed by atoms with van der Waals surface area (Å²) in [4.78, 5) is 1.23. The minimum atomic E-state index is -3.96. The topological polar surface area (TPSA) is 70.0 Å². The lowest BCUT2D eigenvalue weighted by Gasteiger charge is -2.11. The second kappa shape index (κ2) is 5.16. The van der Waals surface area contributed by atoms with Crippen molar-refractivity contribution in [2.75, 3.05) is 14.1 Å². The summed E-state index contributed by atoms with van der Waals surface area (Å²) in [7, 11) is -0.669.